The summed E-state index contributed by atoms with van der Waals surface area (Å²) >= 11 is 1.83. The van der Waals surface area contributed by atoms with Gasteiger partial charge in [-0.15, -0.1) is 0 Å². The molecule has 1 aliphatic rings. The molecule has 0 amide bonds. The van der Waals surface area contributed by atoms with Gasteiger partial charge in [-0.2, -0.15) is 0 Å². The maximum atomic E-state index is 5.82. The van der Waals surface area contributed by atoms with E-state index in [0.717, 1.165) is 36.2 Å². The molecule has 1 aliphatic heterocycles. The average Bonchev–Trinajstić information content (AvgIpc) is 3.17. The number of rotatable bonds is 6. The monoisotopic (exact) mass is 344 g/mol. The Labute approximate surface area is 149 Å². The highest BCUT2D eigenvalue weighted by Gasteiger charge is 2.20. The molecule has 1 saturated heterocycles. The summed E-state index contributed by atoms with van der Waals surface area (Å²) in [5, 5.41) is 1.12. The van der Waals surface area contributed by atoms with Crippen molar-refractivity contribution in [3.8, 4) is 0 Å². The van der Waals surface area contributed by atoms with Crippen molar-refractivity contribution in [2.45, 2.75) is 70.0 Å². The third kappa shape index (κ3) is 4.04. The number of hydrogen-bond donors (Lipinski definition) is 0. The van der Waals surface area contributed by atoms with Crippen molar-refractivity contribution < 1.29 is 4.74 Å². The fourth-order valence-corrected chi connectivity index (χ4v) is 4.14. The van der Waals surface area contributed by atoms with E-state index >= 15 is 0 Å². The summed E-state index contributed by atoms with van der Waals surface area (Å²) in [4.78, 5) is 4.78. The van der Waals surface area contributed by atoms with Gasteiger partial charge in [0.15, 0.2) is 5.16 Å². The first-order chi connectivity index (χ1) is 11.5. The minimum Gasteiger partial charge on any atom is -0.376 e. The predicted octanol–water partition coefficient (Wildman–Crippen LogP) is 5.09. The molecule has 2 aromatic rings. The van der Waals surface area contributed by atoms with Gasteiger partial charge >= 0.3 is 0 Å². The molecule has 0 saturated carbocycles. The summed E-state index contributed by atoms with van der Waals surface area (Å²) in [6.07, 6.45) is 2.70. The maximum absolute atomic E-state index is 5.82. The second kappa shape index (κ2) is 7.75. The Morgan fingerprint density at radius 2 is 2.00 bits per heavy atom. The molecule has 3 rings (SSSR count). The van der Waals surface area contributed by atoms with Crippen LogP contribution in [0.25, 0.3) is 0 Å². The molecule has 0 radical (unpaired) electrons. The molecule has 2 heterocycles. The summed E-state index contributed by atoms with van der Waals surface area (Å²) < 4.78 is 8.16. The minimum absolute atomic E-state index is 0.349. The van der Waals surface area contributed by atoms with Gasteiger partial charge in [0.1, 0.15) is 0 Å². The van der Waals surface area contributed by atoms with Crippen molar-refractivity contribution >= 4 is 11.8 Å². The van der Waals surface area contributed by atoms with Gasteiger partial charge in [-0.25, -0.2) is 4.98 Å². The first-order valence-electron chi connectivity index (χ1n) is 8.91. The van der Waals surface area contributed by atoms with Gasteiger partial charge in [-0.05, 0) is 43.7 Å². The number of ether oxygens (including phenoxy) is 1. The Kier molecular flexibility index (Phi) is 5.67. The number of nitrogens with zero attached hydrogens (tertiary/aromatic N) is 2. The van der Waals surface area contributed by atoms with E-state index in [9.17, 15) is 0 Å². The van der Waals surface area contributed by atoms with Crippen molar-refractivity contribution in [3.63, 3.8) is 0 Å². The van der Waals surface area contributed by atoms with Crippen molar-refractivity contribution in [2.75, 3.05) is 6.61 Å². The fraction of sp³-hybridized carbons (Fsp3) is 0.550. The second-order valence-electron chi connectivity index (χ2n) is 7.00. The highest BCUT2D eigenvalue weighted by Crippen LogP contribution is 2.27. The molecule has 1 aromatic heterocycles. The number of hydrogen-bond acceptors (Lipinski definition) is 3. The smallest absolute Gasteiger partial charge is 0.168 e. The molecular weight excluding hydrogens is 316 g/mol. The second-order valence-corrected chi connectivity index (χ2v) is 7.94. The van der Waals surface area contributed by atoms with E-state index in [1.54, 1.807) is 0 Å². The maximum Gasteiger partial charge on any atom is 0.168 e. The molecule has 3 nitrogen and oxygen atoms in total. The zero-order valence-corrected chi connectivity index (χ0v) is 16.0. The van der Waals surface area contributed by atoms with Gasteiger partial charge in [-0.1, -0.05) is 49.9 Å². The Hall–Kier alpha value is -1.26. The summed E-state index contributed by atoms with van der Waals surface area (Å²) in [6, 6.07) is 8.98. The number of aryl methyl sites for hydroxylation is 1. The van der Waals surface area contributed by atoms with Crippen LogP contribution in [0.4, 0.5) is 0 Å². The van der Waals surface area contributed by atoms with Crippen LogP contribution in [-0.4, -0.2) is 22.3 Å². The molecule has 4 heteroatoms. The number of aromatic nitrogens is 2. The topological polar surface area (TPSA) is 27.1 Å². The van der Waals surface area contributed by atoms with Crippen LogP contribution in [0, 0.1) is 13.8 Å². The molecule has 0 spiro atoms. The van der Waals surface area contributed by atoms with Gasteiger partial charge in [-0.3, -0.25) is 0 Å². The molecule has 1 atom stereocenters. The van der Waals surface area contributed by atoms with Gasteiger partial charge in [0.2, 0.25) is 0 Å². The standard InChI is InChI=1S/C20H28N2OS/c1-14(2)18-9-7-17(8-10-18)13-24-20-21-15(3)16(4)22(20)12-19-6-5-11-23-19/h7-10,14,19H,5-6,11-13H2,1-4H3/t19-/m1/s1. The van der Waals surface area contributed by atoms with Crippen molar-refractivity contribution in [1.29, 1.82) is 0 Å². The SMILES string of the molecule is Cc1nc(SCc2ccc(C(C)C)cc2)n(C[C@H]2CCCO2)c1C. The first-order valence-corrected chi connectivity index (χ1v) is 9.90. The highest BCUT2D eigenvalue weighted by molar-refractivity contribution is 7.98. The Morgan fingerprint density at radius 3 is 2.62 bits per heavy atom. The number of thioether (sulfide) groups is 1. The van der Waals surface area contributed by atoms with E-state index in [0.29, 0.717) is 12.0 Å². The third-order valence-corrected chi connectivity index (χ3v) is 5.89. The quantitative estimate of drug-likeness (QED) is 0.683. The zero-order valence-electron chi connectivity index (χ0n) is 15.2. The van der Waals surface area contributed by atoms with E-state index < -0.39 is 0 Å². The first kappa shape index (κ1) is 17.6. The molecule has 0 aliphatic carbocycles. The Morgan fingerprint density at radius 1 is 1.25 bits per heavy atom. The molecule has 130 valence electrons. The lowest BCUT2D eigenvalue weighted by Gasteiger charge is -2.14. The number of imidazole rings is 1. The van der Waals surface area contributed by atoms with Crippen LogP contribution < -0.4 is 0 Å². The van der Waals surface area contributed by atoms with Crippen LogP contribution in [-0.2, 0) is 17.0 Å². The molecule has 1 fully saturated rings. The minimum atomic E-state index is 0.349. The molecular formula is C20H28N2OS. The van der Waals surface area contributed by atoms with Crippen molar-refractivity contribution in [1.82, 2.24) is 9.55 Å². The molecule has 0 bridgehead atoms. The molecule has 0 unspecified atom stereocenters. The van der Waals surface area contributed by atoms with Crippen LogP contribution in [0.2, 0.25) is 0 Å². The Balaban J connectivity index is 1.69. The van der Waals surface area contributed by atoms with E-state index in [-0.39, 0.29) is 0 Å². The lowest BCUT2D eigenvalue weighted by molar-refractivity contribution is 0.0945. The van der Waals surface area contributed by atoms with Gasteiger partial charge in [0.05, 0.1) is 18.3 Å². The van der Waals surface area contributed by atoms with E-state index in [1.807, 2.05) is 11.8 Å². The summed E-state index contributed by atoms with van der Waals surface area (Å²) in [6.45, 7) is 10.6. The predicted molar refractivity (Wildman–Crippen MR) is 101 cm³/mol. The lowest BCUT2D eigenvalue weighted by Crippen LogP contribution is -2.16. The molecule has 24 heavy (non-hydrogen) atoms. The van der Waals surface area contributed by atoms with Crippen LogP contribution in [0.5, 0.6) is 0 Å². The summed E-state index contributed by atoms with van der Waals surface area (Å²) in [7, 11) is 0. The fourth-order valence-electron chi connectivity index (χ4n) is 3.09. The van der Waals surface area contributed by atoms with Crippen molar-refractivity contribution in [2.24, 2.45) is 0 Å². The van der Waals surface area contributed by atoms with Crippen LogP contribution >= 0.6 is 11.8 Å². The van der Waals surface area contributed by atoms with Crippen LogP contribution in [0.15, 0.2) is 29.4 Å². The van der Waals surface area contributed by atoms with Crippen LogP contribution in [0.3, 0.4) is 0 Å². The summed E-state index contributed by atoms with van der Waals surface area (Å²) in [5.74, 6) is 1.54. The number of benzene rings is 1. The molecule has 1 aromatic carbocycles. The molecule has 0 N–H and O–H groups in total. The van der Waals surface area contributed by atoms with Gasteiger partial charge in [0.25, 0.3) is 0 Å². The van der Waals surface area contributed by atoms with E-state index in [2.05, 4.69) is 56.5 Å². The van der Waals surface area contributed by atoms with Gasteiger partial charge < -0.3 is 9.30 Å². The van der Waals surface area contributed by atoms with Gasteiger partial charge in [0, 0.05) is 18.1 Å². The van der Waals surface area contributed by atoms with E-state index in [1.165, 1.54) is 23.2 Å². The lowest BCUT2D eigenvalue weighted by atomic mass is 10.0. The largest absolute Gasteiger partial charge is 0.376 e. The Bertz CT molecular complexity index is 670. The highest BCUT2D eigenvalue weighted by atomic mass is 32.2. The van der Waals surface area contributed by atoms with E-state index in [4.69, 9.17) is 9.72 Å². The summed E-state index contributed by atoms with van der Waals surface area (Å²) in [5.41, 5.74) is 5.15. The zero-order chi connectivity index (χ0) is 17.1. The average molecular weight is 345 g/mol. The van der Waals surface area contributed by atoms with Crippen LogP contribution in [0.1, 0.15) is 55.1 Å². The van der Waals surface area contributed by atoms with Crippen molar-refractivity contribution in [3.05, 3.63) is 46.8 Å². The normalized spacial score (nSPS) is 17.8. The third-order valence-electron chi connectivity index (χ3n) is 4.85.